The lowest BCUT2D eigenvalue weighted by Gasteiger charge is -2.13. The molecule has 4 aromatic rings. The summed E-state index contributed by atoms with van der Waals surface area (Å²) in [5, 5.41) is 8.82. The van der Waals surface area contributed by atoms with Gasteiger partial charge in [-0.2, -0.15) is 0 Å². The Labute approximate surface area is 198 Å². The van der Waals surface area contributed by atoms with Gasteiger partial charge in [-0.05, 0) is 55.5 Å². The van der Waals surface area contributed by atoms with Crippen LogP contribution in [0.25, 0.3) is 0 Å². The Hall–Kier alpha value is -4.67. The summed E-state index contributed by atoms with van der Waals surface area (Å²) >= 11 is 0. The topological polar surface area (TPSA) is 101 Å². The monoisotopic (exact) mass is 480 g/mol. The standard InChI is InChI=1S/C24H19F3N6O2/c1-15-29-21(14-22(30-15)33-20-8-4-5-13-28-20)31-16-9-11-17(12-10-16)32-23(34)18-6-2-3-7-19(18)35-24(25,26)27/h2-14H,1H3,(H,32,34)(H2,28,29,30,31,33). The molecule has 4 rings (SSSR count). The van der Waals surface area contributed by atoms with E-state index in [4.69, 9.17) is 0 Å². The molecule has 35 heavy (non-hydrogen) atoms. The van der Waals surface area contributed by atoms with Crippen molar-refractivity contribution < 1.29 is 22.7 Å². The average molecular weight is 480 g/mol. The van der Waals surface area contributed by atoms with Crippen molar-refractivity contribution in [2.24, 2.45) is 0 Å². The van der Waals surface area contributed by atoms with E-state index in [9.17, 15) is 18.0 Å². The van der Waals surface area contributed by atoms with Crippen LogP contribution < -0.4 is 20.7 Å². The Kier molecular flexibility index (Phi) is 6.76. The van der Waals surface area contributed by atoms with Crippen molar-refractivity contribution >= 4 is 34.7 Å². The number of aryl methyl sites for hydroxylation is 1. The van der Waals surface area contributed by atoms with Gasteiger partial charge in [0.1, 0.15) is 29.0 Å². The summed E-state index contributed by atoms with van der Waals surface area (Å²) in [5.41, 5.74) is 0.820. The Morgan fingerprint density at radius 1 is 0.829 bits per heavy atom. The zero-order valence-corrected chi connectivity index (χ0v) is 18.3. The van der Waals surface area contributed by atoms with E-state index in [-0.39, 0.29) is 5.56 Å². The van der Waals surface area contributed by atoms with Crippen molar-refractivity contribution in [1.82, 2.24) is 15.0 Å². The van der Waals surface area contributed by atoms with Crippen LogP contribution in [0.3, 0.4) is 0 Å². The summed E-state index contributed by atoms with van der Waals surface area (Å²) in [4.78, 5) is 25.4. The lowest BCUT2D eigenvalue weighted by atomic mass is 10.2. The Bertz CT molecular complexity index is 1320. The molecule has 178 valence electrons. The van der Waals surface area contributed by atoms with Crippen LogP contribution in [-0.4, -0.2) is 27.2 Å². The van der Waals surface area contributed by atoms with E-state index < -0.39 is 18.0 Å². The number of hydrogen-bond donors (Lipinski definition) is 3. The normalized spacial score (nSPS) is 11.0. The van der Waals surface area contributed by atoms with Gasteiger partial charge in [-0.1, -0.05) is 18.2 Å². The van der Waals surface area contributed by atoms with Crippen LogP contribution in [-0.2, 0) is 0 Å². The van der Waals surface area contributed by atoms with E-state index in [0.29, 0.717) is 34.7 Å². The molecule has 0 aliphatic carbocycles. The SMILES string of the molecule is Cc1nc(Nc2ccc(NC(=O)c3ccccc3OC(F)(F)F)cc2)cc(Nc2ccccn2)n1. The number of halogens is 3. The summed E-state index contributed by atoms with van der Waals surface area (Å²) in [7, 11) is 0. The molecule has 0 bridgehead atoms. The lowest BCUT2D eigenvalue weighted by Crippen LogP contribution is -2.20. The Balaban J connectivity index is 1.43. The van der Waals surface area contributed by atoms with Gasteiger partial charge in [-0.3, -0.25) is 4.79 Å². The molecule has 0 unspecified atom stereocenters. The molecular formula is C24H19F3N6O2. The first-order chi connectivity index (χ1) is 16.7. The van der Waals surface area contributed by atoms with Gasteiger partial charge >= 0.3 is 6.36 Å². The van der Waals surface area contributed by atoms with Crippen LogP contribution in [0.5, 0.6) is 5.75 Å². The number of pyridine rings is 1. The summed E-state index contributed by atoms with van der Waals surface area (Å²) in [6, 6.07) is 18.9. The van der Waals surface area contributed by atoms with Crippen LogP contribution in [0.15, 0.2) is 79.0 Å². The third-order valence-corrected chi connectivity index (χ3v) is 4.53. The fourth-order valence-electron chi connectivity index (χ4n) is 3.11. The molecule has 0 saturated heterocycles. The average Bonchev–Trinajstić information content (AvgIpc) is 2.80. The highest BCUT2D eigenvalue weighted by molar-refractivity contribution is 6.06. The predicted molar refractivity (Wildman–Crippen MR) is 125 cm³/mol. The van der Waals surface area contributed by atoms with Crippen molar-refractivity contribution in [2.45, 2.75) is 13.3 Å². The van der Waals surface area contributed by atoms with Gasteiger partial charge < -0.3 is 20.7 Å². The quantitative estimate of drug-likeness (QED) is 0.306. The third kappa shape index (κ3) is 6.67. The van der Waals surface area contributed by atoms with Gasteiger partial charge in [-0.25, -0.2) is 15.0 Å². The largest absolute Gasteiger partial charge is 0.573 e. The number of ether oxygens (including phenoxy) is 1. The molecule has 0 radical (unpaired) electrons. The molecule has 0 fully saturated rings. The molecule has 0 atom stereocenters. The number of carbonyl (C=O) groups is 1. The van der Waals surface area contributed by atoms with E-state index in [0.717, 1.165) is 6.07 Å². The molecule has 8 nitrogen and oxygen atoms in total. The maximum atomic E-state index is 12.6. The molecule has 2 aromatic carbocycles. The molecule has 1 amide bonds. The first-order valence-electron chi connectivity index (χ1n) is 10.3. The number of amides is 1. The second kappa shape index (κ2) is 10.1. The van der Waals surface area contributed by atoms with E-state index in [1.807, 2.05) is 18.2 Å². The highest BCUT2D eigenvalue weighted by Gasteiger charge is 2.32. The fourth-order valence-corrected chi connectivity index (χ4v) is 3.11. The summed E-state index contributed by atoms with van der Waals surface area (Å²) < 4.78 is 41.8. The molecule has 0 aliphatic heterocycles. The number of hydrogen-bond acceptors (Lipinski definition) is 7. The third-order valence-electron chi connectivity index (χ3n) is 4.53. The first kappa shape index (κ1) is 23.5. The summed E-state index contributed by atoms with van der Waals surface area (Å²) in [5.74, 6) is 0.955. The van der Waals surface area contributed by atoms with Crippen LogP contribution in [0, 0.1) is 6.92 Å². The van der Waals surface area contributed by atoms with Gasteiger partial charge in [0.2, 0.25) is 0 Å². The zero-order chi connectivity index (χ0) is 24.8. The minimum atomic E-state index is -4.91. The number of benzene rings is 2. The minimum absolute atomic E-state index is 0.239. The lowest BCUT2D eigenvalue weighted by molar-refractivity contribution is -0.274. The van der Waals surface area contributed by atoms with Crippen LogP contribution >= 0.6 is 0 Å². The fraction of sp³-hybridized carbons (Fsp3) is 0.0833. The molecule has 0 spiro atoms. The maximum absolute atomic E-state index is 12.6. The zero-order valence-electron chi connectivity index (χ0n) is 18.3. The number of rotatable bonds is 7. The van der Waals surface area contributed by atoms with Crippen LogP contribution in [0.1, 0.15) is 16.2 Å². The number of nitrogens with zero attached hydrogens (tertiary/aromatic N) is 3. The maximum Gasteiger partial charge on any atom is 0.573 e. The number of anilines is 5. The molecule has 3 N–H and O–H groups in total. The predicted octanol–water partition coefficient (Wildman–Crippen LogP) is 5.82. The van der Waals surface area contributed by atoms with Gasteiger partial charge in [0.25, 0.3) is 5.91 Å². The molecular weight excluding hydrogens is 461 g/mol. The number of para-hydroxylation sites is 1. The van der Waals surface area contributed by atoms with E-state index in [1.54, 1.807) is 43.5 Å². The minimum Gasteiger partial charge on any atom is -0.405 e. The Morgan fingerprint density at radius 3 is 2.17 bits per heavy atom. The molecule has 0 aliphatic rings. The van der Waals surface area contributed by atoms with Crippen LogP contribution in [0.4, 0.5) is 42.0 Å². The second-order valence-corrected chi connectivity index (χ2v) is 7.23. The van der Waals surface area contributed by atoms with Crippen molar-refractivity contribution in [3.63, 3.8) is 0 Å². The molecule has 0 saturated carbocycles. The van der Waals surface area contributed by atoms with Crippen molar-refractivity contribution in [3.05, 3.63) is 90.4 Å². The van der Waals surface area contributed by atoms with Crippen LogP contribution in [0.2, 0.25) is 0 Å². The Morgan fingerprint density at radius 2 is 1.49 bits per heavy atom. The van der Waals surface area contributed by atoms with Gasteiger partial charge in [0, 0.05) is 23.6 Å². The summed E-state index contributed by atoms with van der Waals surface area (Å²) in [6.45, 7) is 1.76. The number of alkyl halides is 3. The smallest absolute Gasteiger partial charge is 0.405 e. The number of nitrogens with one attached hydrogen (secondary N) is 3. The van der Waals surface area contributed by atoms with Crippen molar-refractivity contribution in [3.8, 4) is 5.75 Å². The van der Waals surface area contributed by atoms with E-state index >= 15 is 0 Å². The van der Waals surface area contributed by atoms with Crippen molar-refractivity contribution in [2.75, 3.05) is 16.0 Å². The van der Waals surface area contributed by atoms with Gasteiger partial charge in [-0.15, -0.1) is 13.2 Å². The summed E-state index contributed by atoms with van der Waals surface area (Å²) in [6.07, 6.45) is -3.24. The highest BCUT2D eigenvalue weighted by atomic mass is 19.4. The van der Waals surface area contributed by atoms with Gasteiger partial charge in [0.05, 0.1) is 5.56 Å². The number of carbonyl (C=O) groups excluding carboxylic acids is 1. The first-order valence-corrected chi connectivity index (χ1v) is 10.3. The molecule has 11 heteroatoms. The van der Waals surface area contributed by atoms with Gasteiger partial charge in [0.15, 0.2) is 0 Å². The van der Waals surface area contributed by atoms with Crippen molar-refractivity contribution in [1.29, 1.82) is 0 Å². The van der Waals surface area contributed by atoms with E-state index in [1.165, 1.54) is 18.2 Å². The molecule has 2 aromatic heterocycles. The number of aromatic nitrogens is 3. The van der Waals surface area contributed by atoms with E-state index in [2.05, 4.69) is 35.6 Å². The highest BCUT2D eigenvalue weighted by Crippen LogP contribution is 2.27. The molecule has 2 heterocycles. The second-order valence-electron chi connectivity index (χ2n) is 7.23.